The van der Waals surface area contributed by atoms with Gasteiger partial charge in [-0.15, -0.1) is 0 Å². The van der Waals surface area contributed by atoms with E-state index in [4.69, 9.17) is 0 Å². The molecule has 0 fully saturated rings. The molecule has 0 aliphatic carbocycles. The Morgan fingerprint density at radius 1 is 1.38 bits per heavy atom. The zero-order valence-corrected chi connectivity index (χ0v) is 9.88. The lowest BCUT2D eigenvalue weighted by Gasteiger charge is -2.11. The van der Waals surface area contributed by atoms with Crippen LogP contribution in [-0.4, -0.2) is 19.6 Å². The smallest absolute Gasteiger partial charge is 0.0729 e. The molecule has 2 rings (SSSR count). The van der Waals surface area contributed by atoms with Crippen LogP contribution in [0.25, 0.3) is 0 Å². The molecule has 2 heterocycles. The van der Waals surface area contributed by atoms with Crippen molar-refractivity contribution >= 4 is 5.69 Å². The predicted molar refractivity (Wildman–Crippen MR) is 63.1 cm³/mol. The van der Waals surface area contributed by atoms with Gasteiger partial charge in [-0.25, -0.2) is 0 Å². The summed E-state index contributed by atoms with van der Waals surface area (Å²) < 4.78 is 3.80. The molecule has 0 saturated heterocycles. The van der Waals surface area contributed by atoms with Crippen molar-refractivity contribution in [1.29, 1.82) is 0 Å². The highest BCUT2D eigenvalue weighted by atomic mass is 15.3. The summed E-state index contributed by atoms with van der Waals surface area (Å²) >= 11 is 0. The van der Waals surface area contributed by atoms with Gasteiger partial charge in [-0.2, -0.15) is 10.2 Å². The van der Waals surface area contributed by atoms with Gasteiger partial charge in [0.25, 0.3) is 0 Å². The molecule has 0 saturated carbocycles. The average Bonchev–Trinajstić information content (AvgIpc) is 2.83. The third-order valence-corrected chi connectivity index (χ3v) is 2.42. The van der Waals surface area contributed by atoms with E-state index < -0.39 is 0 Å². The molecule has 0 aromatic carbocycles. The summed E-state index contributed by atoms with van der Waals surface area (Å²) in [5.41, 5.74) is 2.21. The monoisotopic (exact) mass is 219 g/mol. The summed E-state index contributed by atoms with van der Waals surface area (Å²) in [5, 5.41) is 11.7. The van der Waals surface area contributed by atoms with Gasteiger partial charge in [0.2, 0.25) is 0 Å². The summed E-state index contributed by atoms with van der Waals surface area (Å²) in [6.07, 6.45) is 5.60. The zero-order chi connectivity index (χ0) is 11.5. The van der Waals surface area contributed by atoms with Gasteiger partial charge in [0.15, 0.2) is 0 Å². The maximum Gasteiger partial charge on any atom is 0.0729 e. The summed E-state index contributed by atoms with van der Waals surface area (Å²) in [7, 11) is 1.91. The third-order valence-electron chi connectivity index (χ3n) is 2.42. The Hall–Kier alpha value is -1.78. The lowest BCUT2D eigenvalue weighted by Crippen LogP contribution is -2.10. The van der Waals surface area contributed by atoms with Gasteiger partial charge in [-0.1, -0.05) is 0 Å². The van der Waals surface area contributed by atoms with Crippen LogP contribution in [0.15, 0.2) is 24.7 Å². The van der Waals surface area contributed by atoms with E-state index in [2.05, 4.69) is 29.4 Å². The second-order valence-corrected chi connectivity index (χ2v) is 4.12. The lowest BCUT2D eigenvalue weighted by molar-refractivity contribution is 0.512. The first kappa shape index (κ1) is 10.7. The Morgan fingerprint density at radius 2 is 2.19 bits per heavy atom. The minimum absolute atomic E-state index is 0.390. The molecular formula is C11H17N5. The molecule has 0 atom stereocenters. The van der Waals surface area contributed by atoms with Crippen LogP contribution in [0, 0.1) is 0 Å². The number of hydrogen-bond donors (Lipinski definition) is 1. The van der Waals surface area contributed by atoms with Crippen LogP contribution in [0.1, 0.15) is 25.6 Å². The Balaban J connectivity index is 2.02. The first-order valence-corrected chi connectivity index (χ1v) is 5.41. The summed E-state index contributed by atoms with van der Waals surface area (Å²) in [6, 6.07) is 2.42. The molecule has 0 aliphatic rings. The van der Waals surface area contributed by atoms with Crippen molar-refractivity contribution in [2.45, 2.75) is 26.4 Å². The van der Waals surface area contributed by atoms with Crippen molar-refractivity contribution < 1.29 is 0 Å². The van der Waals surface area contributed by atoms with Gasteiger partial charge in [0.05, 0.1) is 24.1 Å². The fourth-order valence-electron chi connectivity index (χ4n) is 1.65. The predicted octanol–water partition coefficient (Wildman–Crippen LogP) is 1.81. The molecule has 0 spiro atoms. The second kappa shape index (κ2) is 4.38. The number of aromatic nitrogens is 4. The normalized spacial score (nSPS) is 11.0. The highest BCUT2D eigenvalue weighted by molar-refractivity contribution is 5.38. The van der Waals surface area contributed by atoms with Crippen LogP contribution in [0.5, 0.6) is 0 Å². The topological polar surface area (TPSA) is 47.7 Å². The van der Waals surface area contributed by atoms with Gasteiger partial charge in [-0.05, 0) is 19.9 Å². The number of rotatable bonds is 4. The van der Waals surface area contributed by atoms with E-state index >= 15 is 0 Å². The summed E-state index contributed by atoms with van der Waals surface area (Å²) in [5.74, 6) is 0. The van der Waals surface area contributed by atoms with E-state index in [9.17, 15) is 0 Å². The van der Waals surface area contributed by atoms with Gasteiger partial charge in [-0.3, -0.25) is 9.36 Å². The number of anilines is 1. The molecule has 5 nitrogen and oxygen atoms in total. The zero-order valence-electron chi connectivity index (χ0n) is 9.88. The molecular weight excluding hydrogens is 202 g/mol. The molecule has 0 aliphatic heterocycles. The van der Waals surface area contributed by atoms with E-state index in [-0.39, 0.29) is 0 Å². The quantitative estimate of drug-likeness (QED) is 0.853. The Bertz CT molecular complexity index is 454. The average molecular weight is 219 g/mol. The van der Waals surface area contributed by atoms with Gasteiger partial charge >= 0.3 is 0 Å². The molecule has 0 radical (unpaired) electrons. The molecule has 0 bridgehead atoms. The number of aryl methyl sites for hydroxylation is 1. The minimum Gasteiger partial charge on any atom is -0.377 e. The van der Waals surface area contributed by atoms with Gasteiger partial charge in [0.1, 0.15) is 0 Å². The highest BCUT2D eigenvalue weighted by Crippen LogP contribution is 2.10. The van der Waals surface area contributed by atoms with Crippen LogP contribution in [0.3, 0.4) is 0 Å². The van der Waals surface area contributed by atoms with E-state index in [1.54, 1.807) is 4.68 Å². The van der Waals surface area contributed by atoms with E-state index in [0.717, 1.165) is 12.2 Å². The maximum absolute atomic E-state index is 4.29. The van der Waals surface area contributed by atoms with Crippen LogP contribution >= 0.6 is 0 Å². The molecule has 1 N–H and O–H groups in total. The minimum atomic E-state index is 0.390. The van der Waals surface area contributed by atoms with Crippen LogP contribution in [0.4, 0.5) is 5.69 Å². The molecule has 16 heavy (non-hydrogen) atoms. The Labute approximate surface area is 95.1 Å². The van der Waals surface area contributed by atoms with Crippen molar-refractivity contribution in [2.75, 3.05) is 5.32 Å². The first-order chi connectivity index (χ1) is 7.66. The van der Waals surface area contributed by atoms with Crippen molar-refractivity contribution in [3.63, 3.8) is 0 Å². The molecule has 2 aromatic rings. The Morgan fingerprint density at radius 3 is 2.81 bits per heavy atom. The maximum atomic E-state index is 4.29. The molecule has 5 heteroatoms. The van der Waals surface area contributed by atoms with Crippen LogP contribution < -0.4 is 5.32 Å². The molecule has 86 valence electrons. The number of nitrogens with one attached hydrogen (secondary N) is 1. The van der Waals surface area contributed by atoms with E-state index in [0.29, 0.717) is 6.04 Å². The highest BCUT2D eigenvalue weighted by Gasteiger charge is 2.05. The largest absolute Gasteiger partial charge is 0.377 e. The van der Waals surface area contributed by atoms with E-state index in [1.165, 1.54) is 5.69 Å². The second-order valence-electron chi connectivity index (χ2n) is 4.12. The third kappa shape index (κ3) is 2.24. The molecule has 2 aromatic heterocycles. The number of nitrogens with zero attached hydrogens (tertiary/aromatic N) is 4. The summed E-state index contributed by atoms with van der Waals surface area (Å²) in [6.45, 7) is 5.02. The van der Waals surface area contributed by atoms with Crippen molar-refractivity contribution in [1.82, 2.24) is 19.6 Å². The van der Waals surface area contributed by atoms with Gasteiger partial charge < -0.3 is 5.32 Å². The SMILES string of the molecule is CC(C)n1nccc1CNc1cnn(C)c1. The summed E-state index contributed by atoms with van der Waals surface area (Å²) in [4.78, 5) is 0. The van der Waals surface area contributed by atoms with Crippen molar-refractivity contribution in [2.24, 2.45) is 7.05 Å². The van der Waals surface area contributed by atoms with E-state index in [1.807, 2.05) is 36.4 Å². The number of hydrogen-bond acceptors (Lipinski definition) is 3. The first-order valence-electron chi connectivity index (χ1n) is 5.41. The van der Waals surface area contributed by atoms with Crippen LogP contribution in [-0.2, 0) is 13.6 Å². The molecule has 0 unspecified atom stereocenters. The van der Waals surface area contributed by atoms with Crippen molar-refractivity contribution in [3.05, 3.63) is 30.4 Å². The fourth-order valence-corrected chi connectivity index (χ4v) is 1.65. The van der Waals surface area contributed by atoms with Crippen molar-refractivity contribution in [3.8, 4) is 0 Å². The lowest BCUT2D eigenvalue weighted by atomic mass is 10.3. The van der Waals surface area contributed by atoms with Gasteiger partial charge in [0, 0.05) is 25.5 Å². The fraction of sp³-hybridized carbons (Fsp3) is 0.455. The van der Waals surface area contributed by atoms with Crippen LogP contribution in [0.2, 0.25) is 0 Å². The Kier molecular flexibility index (Phi) is 2.94. The standard InChI is InChI=1S/C11H17N5/c1-9(2)16-11(4-5-13-16)7-12-10-6-14-15(3)8-10/h4-6,8-9,12H,7H2,1-3H3. The molecule has 0 amide bonds.